The summed E-state index contributed by atoms with van der Waals surface area (Å²) in [6.45, 7) is 4.01. The van der Waals surface area contributed by atoms with Crippen LogP contribution in [0.15, 0.2) is 18.5 Å². The van der Waals surface area contributed by atoms with Crippen LogP contribution in [0.5, 0.6) is 0 Å². The molecule has 0 saturated heterocycles. The number of nitrogens with zero attached hydrogens (tertiary/aromatic N) is 3. The molecule has 15 heavy (non-hydrogen) atoms. The van der Waals surface area contributed by atoms with Gasteiger partial charge < -0.3 is 9.88 Å². The summed E-state index contributed by atoms with van der Waals surface area (Å²) in [6.07, 6.45) is 4.77. The van der Waals surface area contributed by atoms with Crippen molar-refractivity contribution in [2.24, 2.45) is 7.05 Å². The van der Waals surface area contributed by atoms with E-state index in [2.05, 4.69) is 26.8 Å². The van der Waals surface area contributed by atoms with Crippen LogP contribution in [0.1, 0.15) is 19.2 Å². The van der Waals surface area contributed by atoms with E-state index >= 15 is 0 Å². The van der Waals surface area contributed by atoms with E-state index in [0.29, 0.717) is 0 Å². The molecule has 80 valence electrons. The molecule has 4 nitrogen and oxygen atoms in total. The third-order valence-corrected chi connectivity index (χ3v) is 2.49. The summed E-state index contributed by atoms with van der Waals surface area (Å²) in [5.41, 5.74) is 2.10. The van der Waals surface area contributed by atoms with Gasteiger partial charge in [-0.3, -0.25) is 4.98 Å². The molecule has 0 atom stereocenters. The fraction of sp³-hybridized carbons (Fsp3) is 0.455. The first-order valence-corrected chi connectivity index (χ1v) is 5.29. The molecule has 1 N–H and O–H groups in total. The van der Waals surface area contributed by atoms with E-state index in [1.807, 2.05) is 19.3 Å². The van der Waals surface area contributed by atoms with Crippen molar-refractivity contribution < 1.29 is 0 Å². The van der Waals surface area contributed by atoms with E-state index < -0.39 is 0 Å². The summed E-state index contributed by atoms with van der Waals surface area (Å²) in [5, 5.41) is 3.35. The van der Waals surface area contributed by atoms with Gasteiger partial charge in [0.2, 0.25) is 0 Å². The molecule has 0 aliphatic rings. The Kier molecular flexibility index (Phi) is 2.97. The van der Waals surface area contributed by atoms with Crippen molar-refractivity contribution in [1.82, 2.24) is 19.9 Å². The van der Waals surface area contributed by atoms with Crippen LogP contribution >= 0.6 is 0 Å². The molecule has 2 aromatic rings. The quantitative estimate of drug-likeness (QED) is 0.767. The van der Waals surface area contributed by atoms with E-state index in [-0.39, 0.29) is 0 Å². The molecule has 2 heterocycles. The predicted molar refractivity (Wildman–Crippen MR) is 60.5 cm³/mol. The summed E-state index contributed by atoms with van der Waals surface area (Å²) in [7, 11) is 2.03. The monoisotopic (exact) mass is 204 g/mol. The van der Waals surface area contributed by atoms with Gasteiger partial charge >= 0.3 is 0 Å². The molecule has 0 unspecified atom stereocenters. The van der Waals surface area contributed by atoms with Gasteiger partial charge in [0, 0.05) is 13.2 Å². The second-order valence-electron chi connectivity index (χ2n) is 3.63. The molecule has 0 fully saturated rings. The average Bonchev–Trinajstić information content (AvgIpc) is 2.57. The van der Waals surface area contributed by atoms with Crippen molar-refractivity contribution in [2.45, 2.75) is 19.9 Å². The zero-order valence-corrected chi connectivity index (χ0v) is 9.20. The number of fused-ring (bicyclic) bond motifs is 1. The lowest BCUT2D eigenvalue weighted by Gasteiger charge is -2.02. The first-order chi connectivity index (χ1) is 7.33. The number of hydrogen-bond acceptors (Lipinski definition) is 3. The second kappa shape index (κ2) is 4.40. The molecule has 0 aliphatic carbocycles. The van der Waals surface area contributed by atoms with Gasteiger partial charge in [0.05, 0.1) is 23.8 Å². The largest absolute Gasteiger partial charge is 0.329 e. The Morgan fingerprint density at radius 3 is 3.07 bits per heavy atom. The number of pyridine rings is 1. The molecule has 0 amide bonds. The Hall–Kier alpha value is -1.42. The molecule has 2 aromatic heterocycles. The SMILES string of the molecule is CCCNCc1nc2ccncc2n1C. The van der Waals surface area contributed by atoms with Gasteiger partial charge in [-0.1, -0.05) is 6.92 Å². The third kappa shape index (κ3) is 1.99. The minimum Gasteiger partial charge on any atom is -0.329 e. The van der Waals surface area contributed by atoms with Crippen molar-refractivity contribution >= 4 is 11.0 Å². The highest BCUT2D eigenvalue weighted by molar-refractivity contribution is 5.74. The van der Waals surface area contributed by atoms with Gasteiger partial charge in [0.25, 0.3) is 0 Å². The number of aryl methyl sites for hydroxylation is 1. The standard InChI is InChI=1S/C11H16N4/c1-3-5-12-8-11-14-9-4-6-13-7-10(9)15(11)2/h4,6-7,12H,3,5,8H2,1-2H3. The second-order valence-corrected chi connectivity index (χ2v) is 3.63. The van der Waals surface area contributed by atoms with Crippen LogP contribution in [0, 0.1) is 0 Å². The van der Waals surface area contributed by atoms with Crippen molar-refractivity contribution in [3.63, 3.8) is 0 Å². The van der Waals surface area contributed by atoms with Gasteiger partial charge in [0.15, 0.2) is 0 Å². The lowest BCUT2D eigenvalue weighted by atomic mass is 10.4. The number of aromatic nitrogens is 3. The van der Waals surface area contributed by atoms with Crippen molar-refractivity contribution in [3.8, 4) is 0 Å². The van der Waals surface area contributed by atoms with Gasteiger partial charge in [-0.25, -0.2) is 4.98 Å². The van der Waals surface area contributed by atoms with Crippen LogP contribution in [-0.4, -0.2) is 21.1 Å². The van der Waals surface area contributed by atoms with E-state index in [1.54, 1.807) is 6.20 Å². The Labute approximate surface area is 89.3 Å². The van der Waals surface area contributed by atoms with E-state index in [9.17, 15) is 0 Å². The summed E-state index contributed by atoms with van der Waals surface area (Å²) < 4.78 is 2.09. The molecule has 4 heteroatoms. The maximum Gasteiger partial charge on any atom is 0.123 e. The zero-order chi connectivity index (χ0) is 10.7. The van der Waals surface area contributed by atoms with E-state index in [1.165, 1.54) is 0 Å². The maximum absolute atomic E-state index is 4.54. The Morgan fingerprint density at radius 2 is 2.33 bits per heavy atom. The molecule has 0 aromatic carbocycles. The lowest BCUT2D eigenvalue weighted by molar-refractivity contribution is 0.634. The molecule has 0 bridgehead atoms. The minimum absolute atomic E-state index is 0.818. The molecule has 0 spiro atoms. The fourth-order valence-electron chi connectivity index (χ4n) is 1.62. The topological polar surface area (TPSA) is 42.7 Å². The number of imidazole rings is 1. The van der Waals surface area contributed by atoms with Crippen molar-refractivity contribution in [2.75, 3.05) is 6.54 Å². The maximum atomic E-state index is 4.54. The first-order valence-electron chi connectivity index (χ1n) is 5.29. The van der Waals surface area contributed by atoms with Gasteiger partial charge in [-0.15, -0.1) is 0 Å². The minimum atomic E-state index is 0.818. The van der Waals surface area contributed by atoms with Gasteiger partial charge in [-0.05, 0) is 19.0 Å². The normalized spacial score (nSPS) is 11.1. The van der Waals surface area contributed by atoms with Gasteiger partial charge in [-0.2, -0.15) is 0 Å². The lowest BCUT2D eigenvalue weighted by Crippen LogP contribution is -2.16. The smallest absolute Gasteiger partial charge is 0.123 e. The molecular formula is C11H16N4. The van der Waals surface area contributed by atoms with E-state index in [4.69, 9.17) is 0 Å². The third-order valence-electron chi connectivity index (χ3n) is 2.49. The van der Waals surface area contributed by atoms with E-state index in [0.717, 1.165) is 36.4 Å². The summed E-state index contributed by atoms with van der Waals surface area (Å²) in [5.74, 6) is 1.06. The zero-order valence-electron chi connectivity index (χ0n) is 9.20. The average molecular weight is 204 g/mol. The highest BCUT2D eigenvalue weighted by Crippen LogP contribution is 2.12. The van der Waals surface area contributed by atoms with Crippen molar-refractivity contribution in [3.05, 3.63) is 24.3 Å². The highest BCUT2D eigenvalue weighted by Gasteiger charge is 2.05. The molecule has 0 aliphatic heterocycles. The predicted octanol–water partition coefficient (Wildman–Crippen LogP) is 1.47. The van der Waals surface area contributed by atoms with Crippen molar-refractivity contribution in [1.29, 1.82) is 0 Å². The molecule has 0 radical (unpaired) electrons. The number of hydrogen-bond donors (Lipinski definition) is 1. The van der Waals surface area contributed by atoms with Crippen LogP contribution in [0.3, 0.4) is 0 Å². The molecule has 2 rings (SSSR count). The molecular weight excluding hydrogens is 188 g/mol. The number of rotatable bonds is 4. The summed E-state index contributed by atoms with van der Waals surface area (Å²) in [4.78, 5) is 8.65. The Bertz CT molecular complexity index is 447. The fourth-order valence-corrected chi connectivity index (χ4v) is 1.62. The molecule has 0 saturated carbocycles. The van der Waals surface area contributed by atoms with Crippen LogP contribution < -0.4 is 5.32 Å². The number of nitrogens with one attached hydrogen (secondary N) is 1. The van der Waals surface area contributed by atoms with Crippen LogP contribution in [0.4, 0.5) is 0 Å². The summed E-state index contributed by atoms with van der Waals surface area (Å²) in [6, 6.07) is 1.94. The Balaban J connectivity index is 2.24. The first kappa shape index (κ1) is 10.1. The van der Waals surface area contributed by atoms with Gasteiger partial charge in [0.1, 0.15) is 5.82 Å². The van der Waals surface area contributed by atoms with Crippen LogP contribution in [0.2, 0.25) is 0 Å². The highest BCUT2D eigenvalue weighted by atomic mass is 15.1. The van der Waals surface area contributed by atoms with Crippen LogP contribution in [0.25, 0.3) is 11.0 Å². The van der Waals surface area contributed by atoms with Crippen LogP contribution in [-0.2, 0) is 13.6 Å². The summed E-state index contributed by atoms with van der Waals surface area (Å²) >= 11 is 0. The Morgan fingerprint density at radius 1 is 1.47 bits per heavy atom.